The summed E-state index contributed by atoms with van der Waals surface area (Å²) >= 11 is 14.5. The first-order valence-electron chi connectivity index (χ1n) is 9.85. The number of aldehydes is 1. The molecule has 1 amide bonds. The van der Waals surface area contributed by atoms with Crippen LogP contribution in [-0.4, -0.2) is 43.7 Å². The number of rotatable bonds is 9. The molecular weight excluding hydrogens is 608 g/mol. The number of amides is 1. The Morgan fingerprint density at radius 1 is 1.03 bits per heavy atom. The first-order valence-corrected chi connectivity index (χ1v) is 11.4. The topological polar surface area (TPSA) is 58.2 Å². The van der Waals surface area contributed by atoms with Gasteiger partial charge in [0.2, 0.25) is 0 Å². The zero-order chi connectivity index (χ0) is 27.3. The second-order valence-electron chi connectivity index (χ2n) is 7.36. The van der Waals surface area contributed by atoms with Gasteiger partial charge in [-0.15, -0.1) is 0 Å². The lowest BCUT2D eigenvalue weighted by atomic mass is 9.96. The SMILES string of the molecule is O=CC(CNCC(F)(F)F)NC(=O)c1ccc(/C(F)=C/C(c2ccc(Cl)c(Cl)c2)C(F)(F)F)cc1Br. The Balaban J connectivity index is 2.23. The molecule has 14 heteroatoms. The molecule has 0 saturated carbocycles. The van der Waals surface area contributed by atoms with E-state index in [0.717, 1.165) is 36.4 Å². The monoisotopic (exact) mass is 622 g/mol. The summed E-state index contributed by atoms with van der Waals surface area (Å²) in [5, 5.41) is 4.05. The highest BCUT2D eigenvalue weighted by molar-refractivity contribution is 9.10. The average molecular weight is 624 g/mol. The Hall–Kier alpha value is -2.15. The number of allylic oxidation sites excluding steroid dienone is 1. The van der Waals surface area contributed by atoms with Gasteiger partial charge in [0.05, 0.1) is 28.2 Å². The second kappa shape index (κ2) is 12.4. The smallest absolute Gasteiger partial charge is 0.341 e. The number of halogens is 10. The van der Waals surface area contributed by atoms with Gasteiger partial charge in [-0.05, 0) is 51.8 Å². The third kappa shape index (κ3) is 8.75. The van der Waals surface area contributed by atoms with Gasteiger partial charge in [-0.25, -0.2) is 4.39 Å². The molecule has 4 nitrogen and oxygen atoms in total. The summed E-state index contributed by atoms with van der Waals surface area (Å²) in [5.41, 5.74) is -0.779. The Morgan fingerprint density at radius 2 is 1.69 bits per heavy atom. The van der Waals surface area contributed by atoms with Gasteiger partial charge in [0.1, 0.15) is 18.0 Å². The molecule has 2 aromatic rings. The summed E-state index contributed by atoms with van der Waals surface area (Å²) in [6, 6.07) is 5.04. The van der Waals surface area contributed by atoms with E-state index in [1.54, 1.807) is 0 Å². The predicted molar refractivity (Wildman–Crippen MR) is 125 cm³/mol. The lowest BCUT2D eigenvalue weighted by Gasteiger charge is -2.18. The molecule has 0 aliphatic heterocycles. The lowest BCUT2D eigenvalue weighted by molar-refractivity contribution is -0.139. The van der Waals surface area contributed by atoms with E-state index >= 15 is 0 Å². The highest BCUT2D eigenvalue weighted by Gasteiger charge is 2.40. The van der Waals surface area contributed by atoms with Crippen LogP contribution in [0.25, 0.3) is 5.83 Å². The fourth-order valence-electron chi connectivity index (χ4n) is 2.92. The van der Waals surface area contributed by atoms with Crippen molar-refractivity contribution in [3.05, 3.63) is 73.7 Å². The van der Waals surface area contributed by atoms with Crippen molar-refractivity contribution in [2.45, 2.75) is 24.3 Å². The van der Waals surface area contributed by atoms with Crippen LogP contribution in [0.15, 0.2) is 46.9 Å². The number of hydrogen-bond acceptors (Lipinski definition) is 3. The number of carbonyl (C=O) groups excluding carboxylic acids is 2. The first kappa shape index (κ1) is 30.1. The molecule has 36 heavy (non-hydrogen) atoms. The van der Waals surface area contributed by atoms with Gasteiger partial charge < -0.3 is 15.4 Å². The predicted octanol–water partition coefficient (Wildman–Crippen LogP) is 6.86. The van der Waals surface area contributed by atoms with Crippen LogP contribution < -0.4 is 10.6 Å². The second-order valence-corrected chi connectivity index (χ2v) is 9.03. The Morgan fingerprint density at radius 3 is 2.22 bits per heavy atom. The molecule has 0 aliphatic carbocycles. The number of alkyl halides is 6. The van der Waals surface area contributed by atoms with E-state index in [2.05, 4.69) is 21.2 Å². The van der Waals surface area contributed by atoms with Crippen molar-refractivity contribution in [3.8, 4) is 0 Å². The molecule has 0 fully saturated rings. The quantitative estimate of drug-likeness (QED) is 0.237. The van der Waals surface area contributed by atoms with E-state index in [4.69, 9.17) is 23.2 Å². The lowest BCUT2D eigenvalue weighted by Crippen LogP contribution is -2.45. The van der Waals surface area contributed by atoms with Crippen LogP contribution >= 0.6 is 39.1 Å². The third-order valence-electron chi connectivity index (χ3n) is 4.63. The van der Waals surface area contributed by atoms with Crippen LogP contribution in [0.2, 0.25) is 10.0 Å². The molecule has 2 atom stereocenters. The van der Waals surface area contributed by atoms with Crippen LogP contribution in [-0.2, 0) is 4.79 Å². The summed E-state index contributed by atoms with van der Waals surface area (Å²) in [5.74, 6) is -4.49. The maximum absolute atomic E-state index is 14.8. The molecule has 0 spiro atoms. The molecule has 0 aliphatic rings. The molecule has 2 N–H and O–H groups in total. The van der Waals surface area contributed by atoms with Gasteiger partial charge in [0.25, 0.3) is 5.91 Å². The maximum Gasteiger partial charge on any atom is 0.401 e. The Labute approximate surface area is 219 Å². The number of carbonyl (C=O) groups is 2. The summed E-state index contributed by atoms with van der Waals surface area (Å²) in [4.78, 5) is 23.5. The van der Waals surface area contributed by atoms with Gasteiger partial charge >= 0.3 is 12.4 Å². The molecule has 2 aromatic carbocycles. The largest absolute Gasteiger partial charge is 0.401 e. The first-order chi connectivity index (χ1) is 16.6. The molecule has 0 saturated heterocycles. The Kier molecular flexibility index (Phi) is 10.4. The van der Waals surface area contributed by atoms with E-state index in [0.29, 0.717) is 6.08 Å². The fourth-order valence-corrected chi connectivity index (χ4v) is 3.79. The van der Waals surface area contributed by atoms with Gasteiger partial charge in [0.15, 0.2) is 0 Å². The van der Waals surface area contributed by atoms with E-state index in [-0.39, 0.29) is 37.5 Å². The van der Waals surface area contributed by atoms with Gasteiger partial charge in [0, 0.05) is 16.6 Å². The molecule has 2 rings (SSSR count). The molecular formula is C22H16BrCl2F7N2O2. The van der Waals surface area contributed by atoms with Crippen molar-refractivity contribution in [2.75, 3.05) is 13.1 Å². The molecule has 0 bridgehead atoms. The van der Waals surface area contributed by atoms with Gasteiger partial charge in [-0.1, -0.05) is 35.3 Å². The van der Waals surface area contributed by atoms with Crippen molar-refractivity contribution in [1.82, 2.24) is 10.6 Å². The normalized spacial score (nSPS) is 14.3. The maximum atomic E-state index is 14.8. The average Bonchev–Trinajstić information content (AvgIpc) is 2.76. The van der Waals surface area contributed by atoms with E-state index in [9.17, 15) is 40.3 Å². The molecule has 0 radical (unpaired) electrons. The molecule has 0 heterocycles. The van der Waals surface area contributed by atoms with Crippen LogP contribution in [0.5, 0.6) is 0 Å². The summed E-state index contributed by atoms with van der Waals surface area (Å²) in [6.45, 7) is -1.88. The summed E-state index contributed by atoms with van der Waals surface area (Å²) in [7, 11) is 0. The highest BCUT2D eigenvalue weighted by Crippen LogP contribution is 2.40. The summed E-state index contributed by atoms with van der Waals surface area (Å²) < 4.78 is 92.3. The zero-order valence-electron chi connectivity index (χ0n) is 17.8. The Bertz CT molecular complexity index is 1140. The van der Waals surface area contributed by atoms with Crippen molar-refractivity contribution < 1.29 is 40.3 Å². The summed E-state index contributed by atoms with van der Waals surface area (Å²) in [6.07, 6.45) is -8.81. The van der Waals surface area contributed by atoms with Crippen LogP contribution in [0.3, 0.4) is 0 Å². The van der Waals surface area contributed by atoms with Crippen LogP contribution in [0.4, 0.5) is 30.7 Å². The minimum Gasteiger partial charge on any atom is -0.341 e. The number of benzene rings is 2. The van der Waals surface area contributed by atoms with Gasteiger partial charge in [-0.3, -0.25) is 4.79 Å². The van der Waals surface area contributed by atoms with Crippen molar-refractivity contribution in [2.24, 2.45) is 0 Å². The minimum absolute atomic E-state index is 0.0246. The van der Waals surface area contributed by atoms with Crippen molar-refractivity contribution in [1.29, 1.82) is 0 Å². The van der Waals surface area contributed by atoms with Crippen molar-refractivity contribution >= 4 is 57.2 Å². The molecule has 196 valence electrons. The standard InChI is InChI=1S/C22H16BrCl2F7N2O2/c23-16-5-12(1-3-14(16)20(36)34-13(9-35)8-33-10-21(27,28)29)19(26)7-15(22(30,31)32)11-2-4-17(24)18(25)6-11/h1-7,9,13,15,33H,8,10H2,(H,34,36)/b19-7-. The van der Waals surface area contributed by atoms with Crippen molar-refractivity contribution in [3.63, 3.8) is 0 Å². The van der Waals surface area contributed by atoms with E-state index in [1.165, 1.54) is 0 Å². The highest BCUT2D eigenvalue weighted by atomic mass is 79.9. The molecule has 0 aromatic heterocycles. The van der Waals surface area contributed by atoms with Crippen LogP contribution in [0, 0.1) is 0 Å². The van der Waals surface area contributed by atoms with E-state index in [1.807, 2.05) is 5.32 Å². The third-order valence-corrected chi connectivity index (χ3v) is 6.02. The van der Waals surface area contributed by atoms with E-state index < -0.39 is 49.1 Å². The minimum atomic E-state index is -4.87. The number of hydrogen-bond donors (Lipinski definition) is 2. The molecule has 2 unspecified atom stereocenters. The number of nitrogens with one attached hydrogen (secondary N) is 2. The van der Waals surface area contributed by atoms with Gasteiger partial charge in [-0.2, -0.15) is 26.3 Å². The van der Waals surface area contributed by atoms with Crippen LogP contribution in [0.1, 0.15) is 27.4 Å². The zero-order valence-corrected chi connectivity index (χ0v) is 20.9. The fraction of sp³-hybridized carbons (Fsp3) is 0.273.